The number of para-hydroxylation sites is 1. The van der Waals surface area contributed by atoms with Crippen LogP contribution >= 0.6 is 11.3 Å². The Balaban J connectivity index is 2.10. The molecule has 17 heavy (non-hydrogen) atoms. The number of benzene rings is 1. The van der Waals surface area contributed by atoms with Crippen LogP contribution in [0, 0.1) is 0 Å². The third-order valence-corrected chi connectivity index (χ3v) is 3.55. The standard InChI is InChI=1S/C13H17N3S/c1-2-16(12-6-4-3-5-7-12)9-11-10-17-13(8-14)15-11/h3-7,10H,2,8-9,14H2,1H3. The summed E-state index contributed by atoms with van der Waals surface area (Å²) in [6, 6.07) is 10.4. The van der Waals surface area contributed by atoms with E-state index in [0.29, 0.717) is 6.54 Å². The lowest BCUT2D eigenvalue weighted by Gasteiger charge is -2.21. The van der Waals surface area contributed by atoms with Crippen LogP contribution < -0.4 is 10.6 Å². The van der Waals surface area contributed by atoms with Crippen molar-refractivity contribution < 1.29 is 0 Å². The van der Waals surface area contributed by atoms with E-state index in [9.17, 15) is 0 Å². The van der Waals surface area contributed by atoms with Crippen molar-refractivity contribution in [2.24, 2.45) is 5.73 Å². The maximum atomic E-state index is 5.57. The van der Waals surface area contributed by atoms with E-state index in [1.54, 1.807) is 11.3 Å². The molecule has 0 saturated carbocycles. The number of aromatic nitrogens is 1. The second-order valence-corrected chi connectivity index (χ2v) is 4.73. The molecule has 1 aromatic heterocycles. The Kier molecular flexibility index (Phi) is 4.12. The van der Waals surface area contributed by atoms with E-state index in [2.05, 4.69) is 46.5 Å². The van der Waals surface area contributed by atoms with Crippen molar-refractivity contribution in [3.8, 4) is 0 Å². The molecule has 3 nitrogen and oxygen atoms in total. The highest BCUT2D eigenvalue weighted by Gasteiger charge is 2.07. The first-order chi connectivity index (χ1) is 8.33. The fourth-order valence-corrected chi connectivity index (χ4v) is 2.40. The minimum Gasteiger partial charge on any atom is -0.366 e. The lowest BCUT2D eigenvalue weighted by molar-refractivity contribution is 0.809. The van der Waals surface area contributed by atoms with Crippen LogP contribution in [0.4, 0.5) is 5.69 Å². The third kappa shape index (κ3) is 3.05. The Morgan fingerprint density at radius 2 is 2.06 bits per heavy atom. The van der Waals surface area contributed by atoms with Gasteiger partial charge in [0.25, 0.3) is 0 Å². The molecule has 0 radical (unpaired) electrons. The summed E-state index contributed by atoms with van der Waals surface area (Å²) in [4.78, 5) is 6.79. The summed E-state index contributed by atoms with van der Waals surface area (Å²) in [6.07, 6.45) is 0. The molecule has 2 rings (SSSR count). The van der Waals surface area contributed by atoms with E-state index >= 15 is 0 Å². The van der Waals surface area contributed by atoms with Gasteiger partial charge >= 0.3 is 0 Å². The lowest BCUT2D eigenvalue weighted by atomic mass is 10.2. The Morgan fingerprint density at radius 1 is 1.29 bits per heavy atom. The number of thiazole rings is 1. The Labute approximate surface area is 106 Å². The van der Waals surface area contributed by atoms with E-state index in [4.69, 9.17) is 5.73 Å². The van der Waals surface area contributed by atoms with Crippen molar-refractivity contribution in [1.29, 1.82) is 0 Å². The van der Waals surface area contributed by atoms with Crippen LogP contribution in [0.5, 0.6) is 0 Å². The van der Waals surface area contributed by atoms with Crippen LogP contribution in [0.15, 0.2) is 35.7 Å². The molecule has 2 aromatic rings. The van der Waals surface area contributed by atoms with Gasteiger partial charge in [-0.1, -0.05) is 18.2 Å². The number of nitrogens with two attached hydrogens (primary N) is 1. The molecule has 0 aliphatic carbocycles. The molecule has 4 heteroatoms. The van der Waals surface area contributed by atoms with Crippen molar-refractivity contribution >= 4 is 17.0 Å². The summed E-state index contributed by atoms with van der Waals surface area (Å²) in [5.41, 5.74) is 7.90. The molecule has 1 heterocycles. The number of hydrogen-bond donors (Lipinski definition) is 1. The third-order valence-electron chi connectivity index (χ3n) is 2.63. The molecule has 0 saturated heterocycles. The predicted octanol–water partition coefficient (Wildman–Crippen LogP) is 2.63. The van der Waals surface area contributed by atoms with Gasteiger partial charge in [-0.05, 0) is 19.1 Å². The van der Waals surface area contributed by atoms with Gasteiger partial charge in [0.1, 0.15) is 5.01 Å². The number of hydrogen-bond acceptors (Lipinski definition) is 4. The van der Waals surface area contributed by atoms with E-state index in [1.807, 2.05) is 6.07 Å². The molecule has 0 aliphatic heterocycles. The SMILES string of the molecule is CCN(Cc1csc(CN)n1)c1ccccc1. The molecule has 0 fully saturated rings. The minimum absolute atomic E-state index is 0.530. The Bertz CT molecular complexity index is 453. The Morgan fingerprint density at radius 3 is 2.65 bits per heavy atom. The van der Waals surface area contributed by atoms with Crippen molar-refractivity contribution in [1.82, 2.24) is 4.98 Å². The molecule has 0 bridgehead atoms. The number of rotatable bonds is 5. The van der Waals surface area contributed by atoms with Gasteiger partial charge in [0.05, 0.1) is 12.2 Å². The summed E-state index contributed by atoms with van der Waals surface area (Å²) in [5.74, 6) is 0. The average molecular weight is 247 g/mol. The van der Waals surface area contributed by atoms with E-state index < -0.39 is 0 Å². The van der Waals surface area contributed by atoms with Crippen molar-refractivity contribution in [3.63, 3.8) is 0 Å². The fourth-order valence-electron chi connectivity index (χ4n) is 1.74. The molecule has 1 aromatic carbocycles. The van der Waals surface area contributed by atoms with Gasteiger partial charge in [0, 0.05) is 24.2 Å². The Hall–Kier alpha value is -1.39. The van der Waals surface area contributed by atoms with Crippen molar-refractivity contribution in [2.75, 3.05) is 11.4 Å². The summed E-state index contributed by atoms with van der Waals surface area (Å²) in [5, 5.41) is 3.09. The second-order valence-electron chi connectivity index (χ2n) is 3.79. The largest absolute Gasteiger partial charge is 0.366 e. The molecule has 0 unspecified atom stereocenters. The molecule has 90 valence electrons. The van der Waals surface area contributed by atoms with Gasteiger partial charge in [-0.3, -0.25) is 0 Å². The van der Waals surface area contributed by atoms with E-state index in [0.717, 1.165) is 23.8 Å². The maximum Gasteiger partial charge on any atom is 0.107 e. The predicted molar refractivity (Wildman–Crippen MR) is 73.2 cm³/mol. The van der Waals surface area contributed by atoms with Crippen molar-refractivity contribution in [3.05, 3.63) is 46.4 Å². The monoisotopic (exact) mass is 247 g/mol. The van der Waals surface area contributed by atoms with Crippen molar-refractivity contribution in [2.45, 2.75) is 20.0 Å². The van der Waals surface area contributed by atoms with Gasteiger partial charge in [0.15, 0.2) is 0 Å². The highest BCUT2D eigenvalue weighted by molar-refractivity contribution is 7.09. The molecular weight excluding hydrogens is 230 g/mol. The number of nitrogens with zero attached hydrogens (tertiary/aromatic N) is 2. The van der Waals surface area contributed by atoms with Gasteiger partial charge < -0.3 is 10.6 Å². The fraction of sp³-hybridized carbons (Fsp3) is 0.308. The summed E-state index contributed by atoms with van der Waals surface area (Å²) < 4.78 is 0. The quantitative estimate of drug-likeness (QED) is 0.883. The van der Waals surface area contributed by atoms with Crippen LogP contribution in [0.2, 0.25) is 0 Å². The highest BCUT2D eigenvalue weighted by Crippen LogP contribution is 2.17. The molecule has 0 amide bonds. The first-order valence-corrected chi connectivity index (χ1v) is 6.64. The zero-order valence-corrected chi connectivity index (χ0v) is 10.8. The molecule has 2 N–H and O–H groups in total. The first-order valence-electron chi connectivity index (χ1n) is 5.76. The van der Waals surface area contributed by atoms with Crippen LogP contribution in [-0.4, -0.2) is 11.5 Å². The van der Waals surface area contributed by atoms with Crippen LogP contribution in [0.3, 0.4) is 0 Å². The smallest absolute Gasteiger partial charge is 0.107 e. The molecule has 0 aliphatic rings. The molecular formula is C13H17N3S. The average Bonchev–Trinajstić information content (AvgIpc) is 2.84. The van der Waals surface area contributed by atoms with Gasteiger partial charge in [-0.25, -0.2) is 4.98 Å². The van der Waals surface area contributed by atoms with Gasteiger partial charge in [-0.15, -0.1) is 11.3 Å². The normalized spacial score (nSPS) is 10.5. The summed E-state index contributed by atoms with van der Waals surface area (Å²) in [6.45, 7) is 4.50. The maximum absolute atomic E-state index is 5.57. The first kappa shape index (κ1) is 12.1. The van der Waals surface area contributed by atoms with Crippen LogP contribution in [0.1, 0.15) is 17.6 Å². The van der Waals surface area contributed by atoms with Crippen LogP contribution in [-0.2, 0) is 13.1 Å². The van der Waals surface area contributed by atoms with E-state index in [1.165, 1.54) is 5.69 Å². The molecule has 0 spiro atoms. The van der Waals surface area contributed by atoms with E-state index in [-0.39, 0.29) is 0 Å². The zero-order valence-electron chi connectivity index (χ0n) is 9.97. The molecule has 0 atom stereocenters. The zero-order chi connectivity index (χ0) is 12.1. The second kappa shape index (κ2) is 5.80. The highest BCUT2D eigenvalue weighted by atomic mass is 32.1. The summed E-state index contributed by atoms with van der Waals surface area (Å²) >= 11 is 1.63. The lowest BCUT2D eigenvalue weighted by Crippen LogP contribution is -2.22. The number of anilines is 1. The van der Waals surface area contributed by atoms with Gasteiger partial charge in [0.2, 0.25) is 0 Å². The van der Waals surface area contributed by atoms with Crippen LogP contribution in [0.25, 0.3) is 0 Å². The summed E-state index contributed by atoms with van der Waals surface area (Å²) in [7, 11) is 0. The topological polar surface area (TPSA) is 42.1 Å². The van der Waals surface area contributed by atoms with Gasteiger partial charge in [-0.2, -0.15) is 0 Å². The minimum atomic E-state index is 0.530.